The Morgan fingerprint density at radius 1 is 0.433 bits per heavy atom. The Morgan fingerprint density at radius 2 is 0.733 bits per heavy atom. The van der Waals surface area contributed by atoms with Crippen LogP contribution in [0.15, 0.2) is 0 Å². The number of hydrogen-bond acceptors (Lipinski definition) is 1. The van der Waals surface area contributed by atoms with Crippen molar-refractivity contribution in [1.82, 2.24) is 0 Å². The van der Waals surface area contributed by atoms with Gasteiger partial charge in [0.15, 0.2) is 0 Å². The van der Waals surface area contributed by atoms with Crippen molar-refractivity contribution in [2.45, 2.75) is 167 Å². The molecule has 0 rings (SSSR count). The Labute approximate surface area is 195 Å². The van der Waals surface area contributed by atoms with Crippen LogP contribution in [0, 0.1) is 0 Å². The summed E-state index contributed by atoms with van der Waals surface area (Å²) in [5, 5.41) is 0. The molecule has 0 bridgehead atoms. The fraction of sp³-hybridized carbons (Fsp3) is 0.964. The van der Waals surface area contributed by atoms with E-state index >= 15 is 0 Å². The molecule has 0 N–H and O–H groups in total. The molecule has 0 aliphatic carbocycles. The molecule has 180 valence electrons. The molecular weight excluding hydrogens is 471 g/mol. The normalized spacial score (nSPS) is 11.8. The minimum absolute atomic E-state index is 0.822. The van der Waals surface area contributed by atoms with Crippen molar-refractivity contribution in [3.63, 3.8) is 0 Å². The number of carbonyl (C=O) groups excluding carboxylic acids is 1. The van der Waals surface area contributed by atoms with Gasteiger partial charge in [-0.2, -0.15) is 0 Å². The minimum atomic E-state index is -2.08. The second-order valence-corrected chi connectivity index (χ2v) is 24.4. The molecule has 0 heterocycles. The third kappa shape index (κ3) is 19.2. The molecule has 0 unspecified atom stereocenters. The van der Waals surface area contributed by atoms with E-state index in [1.807, 2.05) is 0 Å². The Kier molecular flexibility index (Phi) is 24.5. The van der Waals surface area contributed by atoms with E-state index in [9.17, 15) is 4.79 Å². The fourth-order valence-corrected chi connectivity index (χ4v) is 20.7. The maximum atomic E-state index is 11.0. The zero-order valence-electron chi connectivity index (χ0n) is 21.5. The second-order valence-electron chi connectivity index (χ2n) is 10.1. The van der Waals surface area contributed by atoms with Crippen molar-refractivity contribution in [2.24, 2.45) is 0 Å². The van der Waals surface area contributed by atoms with Crippen LogP contribution in [0.4, 0.5) is 0 Å². The molecule has 0 spiro atoms. The second kappa shape index (κ2) is 24.1. The van der Waals surface area contributed by atoms with Gasteiger partial charge >= 0.3 is 196 Å². The molecule has 1 nitrogen and oxygen atoms in total. The number of hydrogen-bond donors (Lipinski definition) is 0. The van der Waals surface area contributed by atoms with Crippen molar-refractivity contribution >= 4 is 24.7 Å². The summed E-state index contributed by atoms with van der Waals surface area (Å²) >= 11 is -2.08. The Hall–Kier alpha value is 0.469. The molecule has 0 fully saturated rings. The van der Waals surface area contributed by atoms with Gasteiger partial charge in [0, 0.05) is 0 Å². The summed E-state index contributed by atoms with van der Waals surface area (Å²) in [7, 11) is 0. The topological polar surface area (TPSA) is 17.1 Å². The first kappa shape index (κ1) is 30.5. The summed E-state index contributed by atoms with van der Waals surface area (Å²) < 4.78 is 6.39. The SMILES string of the molecule is CCCCCCC[CH2][Sn]([CH2]CCC=O)([CH2]CCCCCCC)[CH2]CCCCCCC. The first-order valence-electron chi connectivity index (χ1n) is 14.2. The molecule has 0 aliphatic heterocycles. The van der Waals surface area contributed by atoms with Crippen LogP contribution in [-0.2, 0) is 4.79 Å². The number of rotatable bonds is 25. The molecule has 0 aromatic carbocycles. The summed E-state index contributed by atoms with van der Waals surface area (Å²) in [5.74, 6) is 0. The van der Waals surface area contributed by atoms with E-state index in [0.29, 0.717) is 0 Å². The first-order chi connectivity index (χ1) is 14.7. The van der Waals surface area contributed by atoms with E-state index in [1.165, 1.54) is 133 Å². The van der Waals surface area contributed by atoms with Crippen molar-refractivity contribution in [1.29, 1.82) is 0 Å². The summed E-state index contributed by atoms with van der Waals surface area (Å²) in [6.07, 6.45) is 29.2. The standard InChI is InChI=1S/3C8H17.C4H7O.Sn/c3*1-3-5-7-8-6-4-2;1-2-3-4-5;/h3*1,3-8H2,2H3;4H,1-3H2;. The van der Waals surface area contributed by atoms with E-state index in [0.717, 1.165) is 6.42 Å². The summed E-state index contributed by atoms with van der Waals surface area (Å²) in [4.78, 5) is 11.0. The van der Waals surface area contributed by atoms with Crippen molar-refractivity contribution in [3.8, 4) is 0 Å². The molecule has 0 aliphatic rings. The van der Waals surface area contributed by atoms with Crippen LogP contribution in [0.3, 0.4) is 0 Å². The van der Waals surface area contributed by atoms with E-state index in [4.69, 9.17) is 0 Å². The van der Waals surface area contributed by atoms with Gasteiger partial charge < -0.3 is 0 Å². The molecule has 0 atom stereocenters. The number of aldehydes is 1. The van der Waals surface area contributed by atoms with E-state index < -0.39 is 18.4 Å². The summed E-state index contributed by atoms with van der Waals surface area (Å²) in [6, 6.07) is 0. The average Bonchev–Trinajstić information content (AvgIpc) is 2.75. The zero-order chi connectivity index (χ0) is 22.2. The van der Waals surface area contributed by atoms with Crippen LogP contribution in [-0.4, -0.2) is 24.7 Å². The molecule has 0 amide bonds. The monoisotopic (exact) mass is 530 g/mol. The van der Waals surface area contributed by atoms with Gasteiger partial charge in [-0.15, -0.1) is 0 Å². The number of carbonyl (C=O) groups is 1. The third-order valence-corrected chi connectivity index (χ3v) is 23.4. The predicted molar refractivity (Wildman–Crippen MR) is 140 cm³/mol. The fourth-order valence-electron chi connectivity index (χ4n) is 5.15. The van der Waals surface area contributed by atoms with Crippen molar-refractivity contribution in [2.75, 3.05) is 0 Å². The molecule has 0 aromatic heterocycles. The third-order valence-electron chi connectivity index (χ3n) is 7.21. The van der Waals surface area contributed by atoms with Gasteiger partial charge in [0.2, 0.25) is 0 Å². The Bertz CT molecular complexity index is 301. The summed E-state index contributed by atoms with van der Waals surface area (Å²) in [6.45, 7) is 6.95. The molecule has 0 radical (unpaired) electrons. The van der Waals surface area contributed by atoms with Crippen LogP contribution in [0.2, 0.25) is 17.7 Å². The molecule has 30 heavy (non-hydrogen) atoms. The van der Waals surface area contributed by atoms with Crippen LogP contribution in [0.5, 0.6) is 0 Å². The molecule has 0 saturated carbocycles. The molecule has 2 heteroatoms. The Morgan fingerprint density at radius 3 is 1.07 bits per heavy atom. The van der Waals surface area contributed by atoms with E-state index in [1.54, 1.807) is 13.3 Å². The van der Waals surface area contributed by atoms with Gasteiger partial charge in [-0.25, -0.2) is 0 Å². The van der Waals surface area contributed by atoms with E-state index in [2.05, 4.69) is 20.8 Å². The van der Waals surface area contributed by atoms with Crippen LogP contribution < -0.4 is 0 Å². The first-order valence-corrected chi connectivity index (χ1v) is 22.3. The summed E-state index contributed by atoms with van der Waals surface area (Å²) in [5.41, 5.74) is 0. The average molecular weight is 529 g/mol. The molecular formula is C28H58OSn. The van der Waals surface area contributed by atoms with Gasteiger partial charge in [-0.05, 0) is 0 Å². The zero-order valence-corrected chi connectivity index (χ0v) is 24.3. The van der Waals surface area contributed by atoms with Crippen LogP contribution in [0.1, 0.15) is 149 Å². The molecule has 0 saturated heterocycles. The van der Waals surface area contributed by atoms with Crippen LogP contribution >= 0.6 is 0 Å². The van der Waals surface area contributed by atoms with E-state index in [-0.39, 0.29) is 0 Å². The van der Waals surface area contributed by atoms with Gasteiger partial charge in [0.05, 0.1) is 0 Å². The maximum absolute atomic E-state index is 11.0. The van der Waals surface area contributed by atoms with Gasteiger partial charge in [-0.1, -0.05) is 0 Å². The molecule has 0 aromatic rings. The van der Waals surface area contributed by atoms with Gasteiger partial charge in [0.25, 0.3) is 0 Å². The quantitative estimate of drug-likeness (QED) is 0.0653. The Balaban J connectivity index is 4.63. The van der Waals surface area contributed by atoms with Crippen LogP contribution in [0.25, 0.3) is 0 Å². The van der Waals surface area contributed by atoms with Gasteiger partial charge in [-0.3, -0.25) is 0 Å². The van der Waals surface area contributed by atoms with Crippen molar-refractivity contribution in [3.05, 3.63) is 0 Å². The van der Waals surface area contributed by atoms with Crippen molar-refractivity contribution < 1.29 is 4.79 Å². The van der Waals surface area contributed by atoms with Gasteiger partial charge in [0.1, 0.15) is 0 Å². The number of unbranched alkanes of at least 4 members (excludes halogenated alkanes) is 16. The predicted octanol–water partition coefficient (Wildman–Crippen LogP) is 10.5.